The Morgan fingerprint density at radius 1 is 1.15 bits per heavy atom. The standard InChI is InChI=1S/C21H28FN3O2/c1-6-17-19(15(3)26)14(2)23-20(17)21(27)25(12-11-24(4)5)13-16-9-7-8-10-18(16)22/h7-10,23H,6,11-13H2,1-5H3. The lowest BCUT2D eigenvalue weighted by Crippen LogP contribution is -2.37. The average molecular weight is 373 g/mol. The van der Waals surface area contributed by atoms with E-state index in [1.54, 1.807) is 30.0 Å². The molecule has 0 fully saturated rings. The summed E-state index contributed by atoms with van der Waals surface area (Å²) in [4.78, 5) is 32.0. The van der Waals surface area contributed by atoms with Crippen LogP contribution < -0.4 is 0 Å². The van der Waals surface area contributed by atoms with E-state index in [-0.39, 0.29) is 24.1 Å². The third-order valence-electron chi connectivity index (χ3n) is 4.63. The van der Waals surface area contributed by atoms with Gasteiger partial charge in [0.1, 0.15) is 11.5 Å². The normalized spacial score (nSPS) is 11.1. The van der Waals surface area contributed by atoms with Crippen molar-refractivity contribution in [1.29, 1.82) is 0 Å². The van der Waals surface area contributed by atoms with Crippen LogP contribution in [0.25, 0.3) is 0 Å². The lowest BCUT2D eigenvalue weighted by atomic mass is 10.0. The first-order chi connectivity index (χ1) is 12.8. The number of likely N-dealkylation sites (N-methyl/N-ethyl adjacent to an activating group) is 1. The lowest BCUT2D eigenvalue weighted by molar-refractivity contribution is 0.0724. The van der Waals surface area contributed by atoms with Gasteiger partial charge in [0.2, 0.25) is 0 Å². The van der Waals surface area contributed by atoms with Gasteiger partial charge < -0.3 is 14.8 Å². The van der Waals surface area contributed by atoms with Crippen molar-refractivity contribution in [3.8, 4) is 0 Å². The number of amides is 1. The van der Waals surface area contributed by atoms with Crippen molar-refractivity contribution in [2.75, 3.05) is 27.2 Å². The van der Waals surface area contributed by atoms with Crippen LogP contribution in [0.2, 0.25) is 0 Å². The van der Waals surface area contributed by atoms with Gasteiger partial charge in [-0.15, -0.1) is 0 Å². The zero-order valence-electron chi connectivity index (χ0n) is 16.7. The van der Waals surface area contributed by atoms with Crippen molar-refractivity contribution in [2.45, 2.75) is 33.7 Å². The van der Waals surface area contributed by atoms with E-state index in [0.29, 0.717) is 42.0 Å². The second kappa shape index (κ2) is 8.95. The van der Waals surface area contributed by atoms with Gasteiger partial charge in [-0.2, -0.15) is 0 Å². The molecule has 0 aliphatic carbocycles. The molecule has 0 aliphatic heterocycles. The van der Waals surface area contributed by atoms with Crippen molar-refractivity contribution >= 4 is 11.7 Å². The number of benzene rings is 1. The molecule has 0 spiro atoms. The molecule has 0 bridgehead atoms. The molecule has 146 valence electrons. The SMILES string of the molecule is CCc1c(C(=O)N(CCN(C)C)Cc2ccccc2F)[nH]c(C)c1C(C)=O. The van der Waals surface area contributed by atoms with Gasteiger partial charge >= 0.3 is 0 Å². The summed E-state index contributed by atoms with van der Waals surface area (Å²) in [5.74, 6) is -0.607. The lowest BCUT2D eigenvalue weighted by Gasteiger charge is -2.25. The Balaban J connectivity index is 2.40. The number of hydrogen-bond acceptors (Lipinski definition) is 3. The number of aromatic nitrogens is 1. The van der Waals surface area contributed by atoms with E-state index >= 15 is 0 Å². The molecule has 1 heterocycles. The fourth-order valence-electron chi connectivity index (χ4n) is 3.25. The number of hydrogen-bond donors (Lipinski definition) is 1. The molecular formula is C21H28FN3O2. The highest BCUT2D eigenvalue weighted by Gasteiger charge is 2.26. The van der Waals surface area contributed by atoms with Gasteiger partial charge in [0.05, 0.1) is 0 Å². The minimum Gasteiger partial charge on any atom is -0.354 e. The molecule has 27 heavy (non-hydrogen) atoms. The van der Waals surface area contributed by atoms with Crippen LogP contribution in [0.4, 0.5) is 4.39 Å². The Morgan fingerprint density at radius 3 is 2.37 bits per heavy atom. The molecule has 1 amide bonds. The number of halogens is 1. The third kappa shape index (κ3) is 4.83. The number of rotatable bonds is 8. The highest BCUT2D eigenvalue weighted by molar-refractivity contribution is 6.02. The van der Waals surface area contributed by atoms with Gasteiger partial charge in [-0.05, 0) is 46.0 Å². The number of carbonyl (C=O) groups excluding carboxylic acids is 2. The Kier molecular flexibility index (Phi) is 6.91. The number of ketones is 1. The molecule has 5 nitrogen and oxygen atoms in total. The predicted octanol–water partition coefficient (Wildman–Crippen LogP) is 3.43. The molecule has 0 atom stereocenters. The first kappa shape index (κ1) is 20.8. The van der Waals surface area contributed by atoms with Crippen molar-refractivity contribution in [2.24, 2.45) is 0 Å². The minimum atomic E-state index is -0.331. The number of Topliss-reactive ketones (excluding diaryl/α,β-unsaturated/α-hetero) is 1. The summed E-state index contributed by atoms with van der Waals surface area (Å²) in [7, 11) is 3.85. The molecular weight excluding hydrogens is 345 g/mol. The van der Waals surface area contributed by atoms with E-state index in [4.69, 9.17) is 0 Å². The molecule has 2 aromatic rings. The van der Waals surface area contributed by atoms with Crippen molar-refractivity contribution in [1.82, 2.24) is 14.8 Å². The van der Waals surface area contributed by atoms with E-state index in [9.17, 15) is 14.0 Å². The highest BCUT2D eigenvalue weighted by Crippen LogP contribution is 2.23. The summed E-state index contributed by atoms with van der Waals surface area (Å²) in [6, 6.07) is 6.48. The molecule has 2 rings (SSSR count). The maximum absolute atomic E-state index is 14.1. The predicted molar refractivity (Wildman–Crippen MR) is 105 cm³/mol. The zero-order chi connectivity index (χ0) is 20.1. The van der Waals surface area contributed by atoms with E-state index in [1.165, 1.54) is 13.0 Å². The Bertz CT molecular complexity index is 827. The van der Waals surface area contributed by atoms with Crippen LogP contribution in [0.5, 0.6) is 0 Å². The van der Waals surface area contributed by atoms with Crippen LogP contribution in [0, 0.1) is 12.7 Å². The van der Waals surface area contributed by atoms with E-state index in [1.807, 2.05) is 25.9 Å². The summed E-state index contributed by atoms with van der Waals surface area (Å²) < 4.78 is 14.1. The number of H-pyrrole nitrogens is 1. The van der Waals surface area contributed by atoms with E-state index in [2.05, 4.69) is 4.98 Å². The molecule has 1 aromatic heterocycles. The number of nitrogens with zero attached hydrogens (tertiary/aromatic N) is 2. The van der Waals surface area contributed by atoms with Crippen LogP contribution in [0.3, 0.4) is 0 Å². The van der Waals surface area contributed by atoms with Crippen molar-refractivity contribution in [3.63, 3.8) is 0 Å². The van der Waals surface area contributed by atoms with Crippen LogP contribution in [0.1, 0.15) is 51.5 Å². The quantitative estimate of drug-likeness (QED) is 0.721. The van der Waals surface area contributed by atoms with E-state index in [0.717, 1.165) is 5.56 Å². The van der Waals surface area contributed by atoms with Gasteiger partial charge in [0.25, 0.3) is 5.91 Å². The number of nitrogens with one attached hydrogen (secondary N) is 1. The summed E-state index contributed by atoms with van der Waals surface area (Å²) in [6.07, 6.45) is 0.571. The fraction of sp³-hybridized carbons (Fsp3) is 0.429. The fourth-order valence-corrected chi connectivity index (χ4v) is 3.25. The van der Waals surface area contributed by atoms with Gasteiger partial charge in [-0.3, -0.25) is 9.59 Å². The Hall–Kier alpha value is -2.47. The van der Waals surface area contributed by atoms with Crippen LogP contribution in [-0.2, 0) is 13.0 Å². The molecule has 0 saturated heterocycles. The van der Waals surface area contributed by atoms with Gasteiger partial charge in [0, 0.05) is 36.5 Å². The Labute approximate surface area is 160 Å². The molecule has 6 heteroatoms. The van der Waals surface area contributed by atoms with E-state index < -0.39 is 0 Å². The first-order valence-corrected chi connectivity index (χ1v) is 9.16. The number of aryl methyl sites for hydroxylation is 1. The molecule has 0 aliphatic rings. The van der Waals surface area contributed by atoms with Crippen LogP contribution in [-0.4, -0.2) is 53.7 Å². The highest BCUT2D eigenvalue weighted by atomic mass is 19.1. The number of carbonyl (C=O) groups is 2. The first-order valence-electron chi connectivity index (χ1n) is 9.16. The summed E-state index contributed by atoms with van der Waals surface area (Å²) >= 11 is 0. The summed E-state index contributed by atoms with van der Waals surface area (Å²) in [5, 5.41) is 0. The maximum Gasteiger partial charge on any atom is 0.270 e. The average Bonchev–Trinajstić information content (AvgIpc) is 2.95. The zero-order valence-corrected chi connectivity index (χ0v) is 16.7. The molecule has 0 radical (unpaired) electrons. The smallest absolute Gasteiger partial charge is 0.270 e. The van der Waals surface area contributed by atoms with Crippen molar-refractivity contribution in [3.05, 3.63) is 58.2 Å². The second-order valence-corrected chi connectivity index (χ2v) is 7.01. The number of aromatic amines is 1. The Morgan fingerprint density at radius 2 is 1.81 bits per heavy atom. The molecule has 0 unspecified atom stereocenters. The van der Waals surface area contributed by atoms with Crippen molar-refractivity contribution < 1.29 is 14.0 Å². The summed E-state index contributed by atoms with van der Waals surface area (Å²) in [6.45, 7) is 6.51. The molecule has 1 N–H and O–H groups in total. The monoisotopic (exact) mass is 373 g/mol. The van der Waals surface area contributed by atoms with Gasteiger partial charge in [-0.25, -0.2) is 4.39 Å². The van der Waals surface area contributed by atoms with Gasteiger partial charge in [-0.1, -0.05) is 25.1 Å². The third-order valence-corrected chi connectivity index (χ3v) is 4.63. The second-order valence-electron chi connectivity index (χ2n) is 7.01. The molecule has 1 aromatic carbocycles. The van der Waals surface area contributed by atoms with Crippen LogP contribution in [0.15, 0.2) is 24.3 Å². The largest absolute Gasteiger partial charge is 0.354 e. The summed E-state index contributed by atoms with van der Waals surface area (Å²) in [5.41, 5.74) is 2.90. The van der Waals surface area contributed by atoms with Crippen LogP contribution >= 0.6 is 0 Å². The maximum atomic E-state index is 14.1. The molecule has 0 saturated carbocycles. The minimum absolute atomic E-state index is 0.0615. The topological polar surface area (TPSA) is 56.4 Å². The van der Waals surface area contributed by atoms with Gasteiger partial charge in [0.15, 0.2) is 5.78 Å².